The highest BCUT2D eigenvalue weighted by Crippen LogP contribution is 2.35. The van der Waals surface area contributed by atoms with Crippen LogP contribution < -0.4 is 5.32 Å². The summed E-state index contributed by atoms with van der Waals surface area (Å²) >= 11 is 0. The lowest BCUT2D eigenvalue weighted by molar-refractivity contribution is 0.112. The quantitative estimate of drug-likeness (QED) is 0.425. The molecule has 0 aliphatic heterocycles. The summed E-state index contributed by atoms with van der Waals surface area (Å²) in [5.41, 5.74) is 4.25. The monoisotopic (exact) mass is 355 g/mol. The van der Waals surface area contributed by atoms with Crippen molar-refractivity contribution in [1.29, 1.82) is 0 Å². The molecule has 0 amide bonds. The van der Waals surface area contributed by atoms with E-state index in [1.54, 1.807) is 0 Å². The van der Waals surface area contributed by atoms with Gasteiger partial charge in [-0.05, 0) is 23.1 Å². The van der Waals surface area contributed by atoms with Crippen LogP contribution in [0.3, 0.4) is 0 Å². The van der Waals surface area contributed by atoms with Crippen molar-refractivity contribution in [2.24, 2.45) is 0 Å². The molecule has 3 aromatic carbocycles. The number of carbonyl (C=O) groups excluding carboxylic acids is 1. The number of rotatable bonds is 9. The highest BCUT2D eigenvalue weighted by Gasteiger charge is 2.32. The van der Waals surface area contributed by atoms with Crippen LogP contribution in [0.4, 0.5) is 0 Å². The molecule has 0 bridgehead atoms. The summed E-state index contributed by atoms with van der Waals surface area (Å²) in [6.45, 7) is 5.56. The van der Waals surface area contributed by atoms with Crippen molar-refractivity contribution in [3.63, 3.8) is 0 Å². The Morgan fingerprint density at radius 2 is 1.37 bits per heavy atom. The summed E-state index contributed by atoms with van der Waals surface area (Å²) in [4.78, 5) is 10.8. The molecule has 0 saturated carbocycles. The molecule has 0 fully saturated rings. The van der Waals surface area contributed by atoms with E-state index in [-0.39, 0.29) is 5.41 Å². The van der Waals surface area contributed by atoms with E-state index in [9.17, 15) is 4.79 Å². The van der Waals surface area contributed by atoms with Gasteiger partial charge in [-0.2, -0.15) is 0 Å². The van der Waals surface area contributed by atoms with E-state index in [0.717, 1.165) is 31.4 Å². The van der Waals surface area contributed by atoms with Crippen LogP contribution in [0.15, 0.2) is 97.6 Å². The lowest BCUT2D eigenvalue weighted by atomic mass is 9.72. The zero-order chi connectivity index (χ0) is 19.0. The molecule has 136 valence electrons. The number of aldehydes is 1. The number of allylic oxidation sites excluding steroid dienone is 1. The summed E-state index contributed by atoms with van der Waals surface area (Å²) in [5.74, 6) is 0. The minimum atomic E-state index is -0.174. The number of hydrogen-bond acceptors (Lipinski definition) is 2. The van der Waals surface area contributed by atoms with Gasteiger partial charge in [-0.25, -0.2) is 0 Å². The Morgan fingerprint density at radius 3 is 1.85 bits per heavy atom. The molecule has 2 nitrogen and oxygen atoms in total. The smallest absolute Gasteiger partial charge is 0.150 e. The largest absolute Gasteiger partial charge is 0.311 e. The van der Waals surface area contributed by atoms with Crippen molar-refractivity contribution in [1.82, 2.24) is 5.32 Å². The van der Waals surface area contributed by atoms with Crippen LogP contribution in [0.1, 0.15) is 33.5 Å². The van der Waals surface area contributed by atoms with Crippen molar-refractivity contribution >= 4 is 6.29 Å². The van der Waals surface area contributed by atoms with Crippen molar-refractivity contribution in [3.8, 4) is 0 Å². The first-order valence-electron chi connectivity index (χ1n) is 9.25. The molecule has 0 radical (unpaired) electrons. The maximum Gasteiger partial charge on any atom is 0.150 e. The van der Waals surface area contributed by atoms with Gasteiger partial charge in [0.1, 0.15) is 6.29 Å². The third-order valence-electron chi connectivity index (χ3n) is 5.02. The third-order valence-corrected chi connectivity index (χ3v) is 5.02. The third kappa shape index (κ3) is 4.42. The predicted octanol–water partition coefficient (Wildman–Crippen LogP) is 5.15. The zero-order valence-electron chi connectivity index (χ0n) is 15.5. The number of nitrogens with one attached hydrogen (secondary N) is 1. The van der Waals surface area contributed by atoms with Crippen LogP contribution >= 0.6 is 0 Å². The minimum Gasteiger partial charge on any atom is -0.311 e. The van der Waals surface area contributed by atoms with E-state index < -0.39 is 0 Å². The van der Waals surface area contributed by atoms with Crippen molar-refractivity contribution in [2.75, 3.05) is 6.54 Å². The molecule has 0 spiro atoms. The maximum atomic E-state index is 10.8. The number of benzene rings is 3. The summed E-state index contributed by atoms with van der Waals surface area (Å²) < 4.78 is 0. The lowest BCUT2D eigenvalue weighted by Crippen LogP contribution is -2.39. The van der Waals surface area contributed by atoms with Gasteiger partial charge in [0.15, 0.2) is 0 Å². The Bertz CT molecular complexity index is 814. The first kappa shape index (κ1) is 18.8. The Morgan fingerprint density at radius 1 is 0.815 bits per heavy atom. The molecular formula is C25H25NO. The van der Waals surface area contributed by atoms with Crippen molar-refractivity contribution in [2.45, 2.75) is 18.4 Å². The predicted molar refractivity (Wildman–Crippen MR) is 112 cm³/mol. The second-order valence-corrected chi connectivity index (χ2v) is 6.77. The van der Waals surface area contributed by atoms with Gasteiger partial charge < -0.3 is 5.32 Å². The van der Waals surface area contributed by atoms with Gasteiger partial charge in [0.2, 0.25) is 0 Å². The Balaban J connectivity index is 1.87. The SMILES string of the molecule is C=CCC(CNCc1ccc(C=O)cc1)(c1ccccc1)c1ccccc1. The molecule has 3 rings (SSSR count). The molecule has 27 heavy (non-hydrogen) atoms. The molecule has 3 aromatic rings. The van der Waals surface area contributed by atoms with E-state index in [2.05, 4.69) is 72.6 Å². The van der Waals surface area contributed by atoms with Gasteiger partial charge in [0.05, 0.1) is 0 Å². The average molecular weight is 355 g/mol. The normalized spacial score (nSPS) is 11.1. The van der Waals surface area contributed by atoms with Crippen LogP contribution in [0.25, 0.3) is 0 Å². The lowest BCUT2D eigenvalue weighted by Gasteiger charge is -2.35. The fourth-order valence-corrected chi connectivity index (χ4v) is 3.57. The first-order chi connectivity index (χ1) is 13.3. The summed E-state index contributed by atoms with van der Waals surface area (Å²) in [6.07, 6.45) is 3.72. The Kier molecular flexibility index (Phi) is 6.35. The minimum absolute atomic E-state index is 0.174. The number of carbonyl (C=O) groups is 1. The second kappa shape index (κ2) is 9.11. The topological polar surface area (TPSA) is 29.1 Å². The van der Waals surface area contributed by atoms with E-state index in [1.807, 2.05) is 30.3 Å². The Hall–Kier alpha value is -2.97. The molecule has 0 atom stereocenters. The van der Waals surface area contributed by atoms with Gasteiger partial charge in [-0.1, -0.05) is 91.0 Å². The summed E-state index contributed by atoms with van der Waals surface area (Å²) in [7, 11) is 0. The van der Waals surface area contributed by atoms with Gasteiger partial charge >= 0.3 is 0 Å². The maximum absolute atomic E-state index is 10.8. The van der Waals surface area contributed by atoms with E-state index in [1.165, 1.54) is 11.1 Å². The molecule has 2 heteroatoms. The van der Waals surface area contributed by atoms with Gasteiger partial charge in [-0.15, -0.1) is 6.58 Å². The molecular weight excluding hydrogens is 330 g/mol. The zero-order valence-corrected chi connectivity index (χ0v) is 15.5. The van der Waals surface area contributed by atoms with E-state index in [4.69, 9.17) is 0 Å². The fourth-order valence-electron chi connectivity index (χ4n) is 3.57. The Labute approximate surface area is 161 Å². The summed E-state index contributed by atoms with van der Waals surface area (Å²) in [5, 5.41) is 3.63. The fraction of sp³-hybridized carbons (Fsp3) is 0.160. The molecule has 0 heterocycles. The van der Waals surface area contributed by atoms with Gasteiger partial charge in [0.25, 0.3) is 0 Å². The standard InChI is InChI=1S/C25H25NO/c1-2-17-25(23-9-5-3-6-10-23,24-11-7-4-8-12-24)20-26-18-21-13-15-22(19-27)16-14-21/h2-16,19,26H,1,17-18,20H2. The van der Waals surface area contributed by atoms with Crippen molar-refractivity contribution < 1.29 is 4.79 Å². The molecule has 0 unspecified atom stereocenters. The average Bonchev–Trinajstić information content (AvgIpc) is 2.75. The van der Waals surface area contributed by atoms with Crippen LogP contribution in [0, 0.1) is 0 Å². The molecule has 0 aliphatic rings. The van der Waals surface area contributed by atoms with Crippen LogP contribution in [0.5, 0.6) is 0 Å². The molecule has 1 N–H and O–H groups in total. The molecule has 0 aliphatic carbocycles. The van der Waals surface area contributed by atoms with Crippen LogP contribution in [-0.4, -0.2) is 12.8 Å². The van der Waals surface area contributed by atoms with Gasteiger partial charge in [0, 0.05) is 24.1 Å². The van der Waals surface area contributed by atoms with Crippen LogP contribution in [-0.2, 0) is 12.0 Å². The highest BCUT2D eigenvalue weighted by atomic mass is 16.1. The van der Waals surface area contributed by atoms with E-state index >= 15 is 0 Å². The van der Waals surface area contributed by atoms with Gasteiger partial charge in [-0.3, -0.25) is 4.79 Å². The number of hydrogen-bond donors (Lipinski definition) is 1. The van der Waals surface area contributed by atoms with Crippen molar-refractivity contribution in [3.05, 3.63) is 120 Å². The summed E-state index contributed by atoms with van der Waals surface area (Å²) in [6, 6.07) is 28.9. The highest BCUT2D eigenvalue weighted by molar-refractivity contribution is 5.74. The first-order valence-corrected chi connectivity index (χ1v) is 9.25. The van der Waals surface area contributed by atoms with Crippen LogP contribution in [0.2, 0.25) is 0 Å². The molecule has 0 aromatic heterocycles. The molecule has 0 saturated heterocycles. The van der Waals surface area contributed by atoms with E-state index in [0.29, 0.717) is 5.56 Å². The second-order valence-electron chi connectivity index (χ2n) is 6.77.